The molecule has 0 atom stereocenters. The Morgan fingerprint density at radius 3 is 2.92 bits per heavy atom. The zero-order valence-corrected chi connectivity index (χ0v) is 7.42. The molecule has 1 aliphatic heterocycles. The molecule has 1 aromatic heterocycles. The summed E-state index contributed by atoms with van der Waals surface area (Å²) in [6.45, 7) is 5.42. The molecule has 3 heteroatoms. The van der Waals surface area contributed by atoms with Crippen LogP contribution in [0, 0.1) is 13.8 Å². The molecule has 64 valence electrons. The van der Waals surface area contributed by atoms with Crippen LogP contribution in [0.5, 0.6) is 0 Å². The predicted octanol–water partition coefficient (Wildman–Crippen LogP) is 1.17. The normalized spacial score (nSPS) is 15.8. The molecule has 2 heterocycles. The number of ether oxygens (including phenoxy) is 1. The van der Waals surface area contributed by atoms with E-state index in [1.54, 1.807) is 0 Å². The van der Waals surface area contributed by atoms with Gasteiger partial charge in [0.2, 0.25) is 0 Å². The highest BCUT2D eigenvalue weighted by Crippen LogP contribution is 2.16. The van der Waals surface area contributed by atoms with Gasteiger partial charge in [-0.3, -0.25) is 0 Å². The third-order valence-corrected chi connectivity index (χ3v) is 2.15. The smallest absolute Gasteiger partial charge is 0.125 e. The summed E-state index contributed by atoms with van der Waals surface area (Å²) in [4.78, 5) is 8.66. The first-order valence-corrected chi connectivity index (χ1v) is 4.18. The zero-order chi connectivity index (χ0) is 8.55. The van der Waals surface area contributed by atoms with E-state index in [0.29, 0.717) is 6.61 Å². The van der Waals surface area contributed by atoms with Crippen LogP contribution in [-0.2, 0) is 17.8 Å². The summed E-state index contributed by atoms with van der Waals surface area (Å²) in [6, 6.07) is 0. The molecular weight excluding hydrogens is 152 g/mol. The fourth-order valence-corrected chi connectivity index (χ4v) is 1.59. The molecule has 0 aromatic carbocycles. The first kappa shape index (κ1) is 7.68. The van der Waals surface area contributed by atoms with Gasteiger partial charge in [0, 0.05) is 5.69 Å². The minimum atomic E-state index is 0.652. The molecule has 1 aliphatic rings. The predicted molar refractivity (Wildman–Crippen MR) is 44.9 cm³/mol. The topological polar surface area (TPSA) is 35.0 Å². The van der Waals surface area contributed by atoms with Gasteiger partial charge in [0.05, 0.1) is 18.9 Å². The van der Waals surface area contributed by atoms with Gasteiger partial charge in [-0.1, -0.05) is 0 Å². The molecule has 0 amide bonds. The molecule has 0 radical (unpaired) electrons. The van der Waals surface area contributed by atoms with Crippen LogP contribution >= 0.6 is 0 Å². The molecular formula is C9H12N2O. The van der Waals surface area contributed by atoms with E-state index in [-0.39, 0.29) is 0 Å². The molecule has 0 unspecified atom stereocenters. The van der Waals surface area contributed by atoms with Crippen molar-refractivity contribution in [2.24, 2.45) is 0 Å². The maximum atomic E-state index is 5.32. The van der Waals surface area contributed by atoms with Crippen LogP contribution in [0.25, 0.3) is 0 Å². The summed E-state index contributed by atoms with van der Waals surface area (Å²) in [7, 11) is 0. The van der Waals surface area contributed by atoms with Crippen LogP contribution in [0.2, 0.25) is 0 Å². The van der Waals surface area contributed by atoms with Gasteiger partial charge in [-0.15, -0.1) is 0 Å². The van der Waals surface area contributed by atoms with Gasteiger partial charge in [0.15, 0.2) is 0 Å². The third-order valence-electron chi connectivity index (χ3n) is 2.15. The number of hydrogen-bond donors (Lipinski definition) is 0. The fourth-order valence-electron chi connectivity index (χ4n) is 1.59. The summed E-state index contributed by atoms with van der Waals surface area (Å²) < 4.78 is 5.32. The zero-order valence-electron chi connectivity index (χ0n) is 7.42. The lowest BCUT2D eigenvalue weighted by atomic mass is 10.1. The molecule has 0 spiro atoms. The molecule has 0 fully saturated rings. The van der Waals surface area contributed by atoms with Crippen LogP contribution < -0.4 is 0 Å². The molecule has 0 saturated heterocycles. The second-order valence-electron chi connectivity index (χ2n) is 3.08. The van der Waals surface area contributed by atoms with Crippen molar-refractivity contribution in [3.8, 4) is 0 Å². The van der Waals surface area contributed by atoms with Crippen LogP contribution in [-0.4, -0.2) is 16.6 Å². The Balaban J connectivity index is 2.53. The average Bonchev–Trinajstić information content (AvgIpc) is 2.04. The monoisotopic (exact) mass is 164 g/mol. The highest BCUT2D eigenvalue weighted by molar-refractivity contribution is 5.26. The van der Waals surface area contributed by atoms with Gasteiger partial charge in [-0.25, -0.2) is 9.97 Å². The third kappa shape index (κ3) is 1.20. The summed E-state index contributed by atoms with van der Waals surface area (Å²) in [6.07, 6.45) is 0.960. The van der Waals surface area contributed by atoms with Crippen molar-refractivity contribution in [2.75, 3.05) is 6.61 Å². The Labute approximate surface area is 71.8 Å². The Bertz CT molecular complexity index is 310. The summed E-state index contributed by atoms with van der Waals surface area (Å²) in [5.74, 6) is 0.844. The van der Waals surface area contributed by atoms with Gasteiger partial charge in [0.25, 0.3) is 0 Å². The standard InChI is InChI=1S/C9H12N2O/c1-6-8-3-4-12-5-9(8)11-7(2)10-6/h3-5H2,1-2H3. The van der Waals surface area contributed by atoms with Gasteiger partial charge >= 0.3 is 0 Å². The average molecular weight is 164 g/mol. The molecule has 0 saturated carbocycles. The number of aryl methyl sites for hydroxylation is 2. The molecule has 0 aliphatic carbocycles. The van der Waals surface area contributed by atoms with Gasteiger partial charge in [-0.2, -0.15) is 0 Å². The lowest BCUT2D eigenvalue weighted by Crippen LogP contribution is -2.15. The van der Waals surface area contributed by atoms with Crippen molar-refractivity contribution in [2.45, 2.75) is 26.9 Å². The summed E-state index contributed by atoms with van der Waals surface area (Å²) in [5.41, 5.74) is 3.47. The number of nitrogens with zero attached hydrogens (tertiary/aromatic N) is 2. The van der Waals surface area contributed by atoms with E-state index < -0.39 is 0 Å². The van der Waals surface area contributed by atoms with Crippen molar-refractivity contribution in [3.63, 3.8) is 0 Å². The number of hydrogen-bond acceptors (Lipinski definition) is 3. The van der Waals surface area contributed by atoms with E-state index in [1.807, 2.05) is 13.8 Å². The second-order valence-corrected chi connectivity index (χ2v) is 3.08. The molecule has 1 aromatic rings. The lowest BCUT2D eigenvalue weighted by molar-refractivity contribution is 0.106. The van der Waals surface area contributed by atoms with Crippen molar-refractivity contribution in [1.29, 1.82) is 0 Å². The van der Waals surface area contributed by atoms with Crippen molar-refractivity contribution < 1.29 is 4.74 Å². The van der Waals surface area contributed by atoms with Crippen molar-refractivity contribution in [3.05, 3.63) is 22.8 Å². The highest BCUT2D eigenvalue weighted by Gasteiger charge is 2.13. The maximum Gasteiger partial charge on any atom is 0.125 e. The number of aromatic nitrogens is 2. The second kappa shape index (κ2) is 2.83. The van der Waals surface area contributed by atoms with Crippen LogP contribution in [0.4, 0.5) is 0 Å². The summed E-state index contributed by atoms with van der Waals surface area (Å²) >= 11 is 0. The van der Waals surface area contributed by atoms with Gasteiger partial charge in [0.1, 0.15) is 5.82 Å². The van der Waals surface area contributed by atoms with Crippen LogP contribution in [0.3, 0.4) is 0 Å². The molecule has 2 rings (SSSR count). The molecule has 3 nitrogen and oxygen atoms in total. The number of fused-ring (bicyclic) bond motifs is 1. The van der Waals surface area contributed by atoms with E-state index in [9.17, 15) is 0 Å². The molecule has 0 bridgehead atoms. The SMILES string of the molecule is Cc1nc(C)c2c(n1)COCC2. The van der Waals surface area contributed by atoms with Crippen LogP contribution in [0.15, 0.2) is 0 Å². The van der Waals surface area contributed by atoms with Gasteiger partial charge < -0.3 is 4.74 Å². The minimum Gasteiger partial charge on any atom is -0.375 e. The minimum absolute atomic E-state index is 0.652. The summed E-state index contributed by atoms with van der Waals surface area (Å²) in [5, 5.41) is 0. The first-order chi connectivity index (χ1) is 5.77. The van der Waals surface area contributed by atoms with Gasteiger partial charge in [-0.05, 0) is 25.8 Å². The van der Waals surface area contributed by atoms with E-state index in [0.717, 1.165) is 30.2 Å². The van der Waals surface area contributed by atoms with Crippen molar-refractivity contribution >= 4 is 0 Å². The highest BCUT2D eigenvalue weighted by atomic mass is 16.5. The Hall–Kier alpha value is -0.960. The van der Waals surface area contributed by atoms with E-state index >= 15 is 0 Å². The molecule has 0 N–H and O–H groups in total. The molecule has 12 heavy (non-hydrogen) atoms. The van der Waals surface area contributed by atoms with E-state index in [2.05, 4.69) is 9.97 Å². The van der Waals surface area contributed by atoms with E-state index in [1.165, 1.54) is 5.56 Å². The fraction of sp³-hybridized carbons (Fsp3) is 0.556. The van der Waals surface area contributed by atoms with Crippen molar-refractivity contribution in [1.82, 2.24) is 9.97 Å². The Morgan fingerprint density at radius 2 is 2.08 bits per heavy atom. The Kier molecular flexibility index (Phi) is 1.81. The Morgan fingerprint density at radius 1 is 1.25 bits per heavy atom. The quantitative estimate of drug-likeness (QED) is 0.577. The number of rotatable bonds is 0. The lowest BCUT2D eigenvalue weighted by Gasteiger charge is -2.17. The van der Waals surface area contributed by atoms with E-state index in [4.69, 9.17) is 4.74 Å². The first-order valence-electron chi connectivity index (χ1n) is 4.18. The largest absolute Gasteiger partial charge is 0.375 e. The maximum absolute atomic E-state index is 5.32. The van der Waals surface area contributed by atoms with Crippen LogP contribution in [0.1, 0.15) is 22.8 Å².